The third-order valence-corrected chi connectivity index (χ3v) is 3.31. The molecule has 0 fully saturated rings. The molecule has 1 aromatic carbocycles. The van der Waals surface area contributed by atoms with Crippen LogP contribution in [0.15, 0.2) is 35.3 Å². The Morgan fingerprint density at radius 1 is 1.50 bits per heavy atom. The fourth-order valence-electron chi connectivity index (χ4n) is 1.73. The van der Waals surface area contributed by atoms with Crippen molar-refractivity contribution in [1.29, 1.82) is 0 Å². The van der Waals surface area contributed by atoms with Crippen molar-refractivity contribution in [2.24, 2.45) is 0 Å². The van der Waals surface area contributed by atoms with Gasteiger partial charge in [0.05, 0.1) is 21.8 Å². The van der Waals surface area contributed by atoms with Crippen LogP contribution < -0.4 is 5.32 Å². The van der Waals surface area contributed by atoms with Crippen LogP contribution >= 0.6 is 15.9 Å². The topological polar surface area (TPSA) is 73.0 Å². The molecule has 106 valence electrons. The lowest BCUT2D eigenvalue weighted by Gasteiger charge is -2.08. The minimum atomic E-state index is -0.652. The van der Waals surface area contributed by atoms with Crippen molar-refractivity contribution in [1.82, 2.24) is 9.55 Å². The second kappa shape index (κ2) is 6.47. The number of benzene rings is 1. The number of nitro groups is 1. The summed E-state index contributed by atoms with van der Waals surface area (Å²) >= 11 is 3.02. The van der Waals surface area contributed by atoms with E-state index in [4.69, 9.17) is 0 Å². The molecule has 2 rings (SSSR count). The second-order valence-corrected chi connectivity index (χ2v) is 4.98. The summed E-state index contributed by atoms with van der Waals surface area (Å²) in [5.74, 6) is -0.652. The number of anilines is 1. The Morgan fingerprint density at radius 2 is 2.30 bits per heavy atom. The summed E-state index contributed by atoms with van der Waals surface area (Å²) in [6, 6.07) is 2.28. The average Bonchev–Trinajstić information content (AvgIpc) is 2.91. The molecule has 0 saturated heterocycles. The van der Waals surface area contributed by atoms with E-state index < -0.39 is 10.7 Å². The number of aromatic nitrogens is 2. The molecule has 0 spiro atoms. The first-order chi connectivity index (χ1) is 9.58. The van der Waals surface area contributed by atoms with Crippen LogP contribution in [0.1, 0.15) is 6.42 Å². The normalized spacial score (nSPS) is 10.5. The Kier molecular flexibility index (Phi) is 4.67. The molecule has 20 heavy (non-hydrogen) atoms. The molecule has 0 aliphatic heterocycles. The number of nitro benzene ring substituents is 1. The zero-order valence-electron chi connectivity index (χ0n) is 10.4. The van der Waals surface area contributed by atoms with Crippen LogP contribution in [0.2, 0.25) is 0 Å². The number of hydrogen-bond acceptors (Lipinski definition) is 4. The summed E-state index contributed by atoms with van der Waals surface area (Å²) < 4.78 is 15.4. The SMILES string of the molecule is O=[N+]([O-])c1cc(F)c(Br)cc1NCCCn1ccnc1. The predicted octanol–water partition coefficient (Wildman–Crippen LogP) is 3.20. The monoisotopic (exact) mass is 342 g/mol. The lowest BCUT2D eigenvalue weighted by molar-refractivity contribution is -0.384. The van der Waals surface area contributed by atoms with Crippen LogP contribution in [0.25, 0.3) is 0 Å². The van der Waals surface area contributed by atoms with Crippen molar-refractivity contribution in [2.75, 3.05) is 11.9 Å². The van der Waals surface area contributed by atoms with Gasteiger partial charge in [0.25, 0.3) is 5.69 Å². The smallest absolute Gasteiger partial charge is 0.295 e. The minimum Gasteiger partial charge on any atom is -0.379 e. The molecule has 1 heterocycles. The van der Waals surface area contributed by atoms with Gasteiger partial charge in [-0.25, -0.2) is 9.37 Å². The zero-order valence-corrected chi connectivity index (χ0v) is 12.0. The van der Waals surface area contributed by atoms with Gasteiger partial charge in [-0.05, 0) is 28.4 Å². The van der Waals surface area contributed by atoms with Crippen molar-refractivity contribution in [3.63, 3.8) is 0 Å². The first-order valence-electron chi connectivity index (χ1n) is 5.91. The minimum absolute atomic E-state index is 0.195. The van der Waals surface area contributed by atoms with Gasteiger partial charge in [0.2, 0.25) is 0 Å². The lowest BCUT2D eigenvalue weighted by atomic mass is 10.2. The van der Waals surface area contributed by atoms with Gasteiger partial charge in [-0.15, -0.1) is 0 Å². The van der Waals surface area contributed by atoms with Crippen molar-refractivity contribution >= 4 is 27.3 Å². The molecule has 0 radical (unpaired) electrons. The summed E-state index contributed by atoms with van der Waals surface area (Å²) in [5, 5.41) is 13.8. The third kappa shape index (κ3) is 3.53. The Balaban J connectivity index is 1.98. The van der Waals surface area contributed by atoms with Crippen LogP contribution in [0.5, 0.6) is 0 Å². The van der Waals surface area contributed by atoms with E-state index in [1.807, 2.05) is 10.8 Å². The second-order valence-electron chi connectivity index (χ2n) is 4.12. The van der Waals surface area contributed by atoms with Crippen LogP contribution in [0.4, 0.5) is 15.8 Å². The maximum Gasteiger partial charge on any atom is 0.295 e. The van der Waals surface area contributed by atoms with Gasteiger partial charge in [0.15, 0.2) is 0 Å². The summed E-state index contributed by atoms with van der Waals surface area (Å²) in [7, 11) is 0. The Labute approximate surface area is 122 Å². The van der Waals surface area contributed by atoms with Crippen molar-refractivity contribution in [2.45, 2.75) is 13.0 Å². The summed E-state index contributed by atoms with van der Waals surface area (Å²) in [6.07, 6.45) is 6.01. The van der Waals surface area contributed by atoms with Gasteiger partial charge >= 0.3 is 0 Å². The van der Waals surface area contributed by atoms with Gasteiger partial charge in [-0.1, -0.05) is 0 Å². The number of hydrogen-bond donors (Lipinski definition) is 1. The van der Waals surface area contributed by atoms with E-state index in [1.165, 1.54) is 6.07 Å². The molecule has 1 N–H and O–H groups in total. The molecule has 0 bridgehead atoms. The third-order valence-electron chi connectivity index (χ3n) is 2.70. The quantitative estimate of drug-likeness (QED) is 0.497. The molecule has 2 aromatic rings. The maximum atomic E-state index is 13.3. The number of nitrogens with one attached hydrogen (secondary N) is 1. The van der Waals surface area contributed by atoms with Gasteiger partial charge < -0.3 is 9.88 Å². The highest BCUT2D eigenvalue weighted by Gasteiger charge is 2.17. The molecular weight excluding hydrogens is 331 g/mol. The molecule has 0 saturated carbocycles. The van der Waals surface area contributed by atoms with Crippen LogP contribution in [0, 0.1) is 15.9 Å². The lowest BCUT2D eigenvalue weighted by Crippen LogP contribution is -2.07. The first-order valence-corrected chi connectivity index (χ1v) is 6.70. The Bertz CT molecular complexity index is 604. The molecule has 8 heteroatoms. The van der Waals surface area contributed by atoms with Gasteiger partial charge in [-0.2, -0.15) is 0 Å². The van der Waals surface area contributed by atoms with E-state index in [-0.39, 0.29) is 10.2 Å². The fraction of sp³-hybridized carbons (Fsp3) is 0.250. The summed E-state index contributed by atoms with van der Waals surface area (Å²) in [6.45, 7) is 1.29. The highest BCUT2D eigenvalue weighted by Crippen LogP contribution is 2.30. The van der Waals surface area contributed by atoms with E-state index >= 15 is 0 Å². The highest BCUT2D eigenvalue weighted by atomic mass is 79.9. The zero-order chi connectivity index (χ0) is 14.5. The van der Waals surface area contributed by atoms with Crippen molar-refractivity contribution < 1.29 is 9.31 Å². The van der Waals surface area contributed by atoms with E-state index in [0.29, 0.717) is 12.2 Å². The summed E-state index contributed by atoms with van der Waals surface area (Å²) in [4.78, 5) is 14.2. The maximum absolute atomic E-state index is 13.3. The molecule has 0 aliphatic rings. The molecule has 1 aromatic heterocycles. The Hall–Kier alpha value is -1.96. The van der Waals surface area contributed by atoms with Crippen molar-refractivity contribution in [3.8, 4) is 0 Å². The number of nitrogens with zero attached hydrogens (tertiary/aromatic N) is 3. The summed E-state index contributed by atoms with van der Waals surface area (Å²) in [5.41, 5.74) is 0.0298. The van der Waals surface area contributed by atoms with E-state index in [1.54, 1.807) is 12.5 Å². The predicted molar refractivity (Wildman–Crippen MR) is 76.1 cm³/mol. The number of aryl methyl sites for hydroxylation is 1. The van der Waals surface area contributed by atoms with Crippen LogP contribution in [0.3, 0.4) is 0 Å². The van der Waals surface area contributed by atoms with E-state index in [2.05, 4.69) is 26.2 Å². The largest absolute Gasteiger partial charge is 0.379 e. The molecule has 6 nitrogen and oxygen atoms in total. The number of rotatable bonds is 6. The molecule has 0 amide bonds. The fourth-order valence-corrected chi connectivity index (χ4v) is 2.08. The first kappa shape index (κ1) is 14.4. The molecule has 0 atom stereocenters. The molecular formula is C12H12BrFN4O2. The number of imidazole rings is 1. The van der Waals surface area contributed by atoms with Crippen LogP contribution in [-0.4, -0.2) is 21.0 Å². The molecule has 0 aliphatic carbocycles. The van der Waals surface area contributed by atoms with Gasteiger partial charge in [-0.3, -0.25) is 10.1 Å². The van der Waals surface area contributed by atoms with Crippen molar-refractivity contribution in [3.05, 3.63) is 51.3 Å². The average molecular weight is 343 g/mol. The standard InChI is InChI=1S/C12H12BrFN4O2/c13-9-6-11(12(18(19)20)7-10(9)14)16-2-1-4-17-5-3-15-8-17/h3,5-8,16H,1-2,4H2. The van der Waals surface area contributed by atoms with Crippen LogP contribution in [-0.2, 0) is 6.54 Å². The van der Waals surface area contributed by atoms with Gasteiger partial charge in [0.1, 0.15) is 11.5 Å². The highest BCUT2D eigenvalue weighted by molar-refractivity contribution is 9.10. The van der Waals surface area contributed by atoms with E-state index in [0.717, 1.165) is 19.0 Å². The van der Waals surface area contributed by atoms with Gasteiger partial charge in [0, 0.05) is 25.5 Å². The molecule has 0 unspecified atom stereocenters. The van der Waals surface area contributed by atoms with E-state index in [9.17, 15) is 14.5 Å². The number of halogens is 2. The Morgan fingerprint density at radius 3 is 2.95 bits per heavy atom.